The highest BCUT2D eigenvalue weighted by molar-refractivity contribution is 7.12. The van der Waals surface area contributed by atoms with Gasteiger partial charge in [0.25, 0.3) is 5.91 Å². The minimum Gasteiger partial charge on any atom is -0.439 e. The van der Waals surface area contributed by atoms with Crippen molar-refractivity contribution >= 4 is 22.9 Å². The lowest BCUT2D eigenvalue weighted by molar-refractivity contribution is 0.103. The molecule has 1 aromatic carbocycles. The average molecular weight is 391 g/mol. The molecule has 7 nitrogen and oxygen atoms in total. The van der Waals surface area contributed by atoms with E-state index >= 15 is 0 Å². The maximum Gasteiger partial charge on any atom is 0.265 e. The van der Waals surface area contributed by atoms with Crippen molar-refractivity contribution in [1.29, 1.82) is 0 Å². The van der Waals surface area contributed by atoms with Crippen molar-refractivity contribution in [2.75, 3.05) is 5.32 Å². The minimum atomic E-state index is -0.129. The normalized spacial score (nSPS) is 10.6. The highest BCUT2D eigenvalue weighted by Crippen LogP contribution is 2.24. The van der Waals surface area contributed by atoms with Gasteiger partial charge in [0.1, 0.15) is 23.2 Å². The highest BCUT2D eigenvalue weighted by Gasteiger charge is 2.09. The zero-order chi connectivity index (χ0) is 19.5. The Bertz CT molecular complexity index is 1100. The number of carbonyl (C=O) groups is 1. The van der Waals surface area contributed by atoms with E-state index in [1.54, 1.807) is 42.6 Å². The molecule has 0 radical (unpaired) electrons. The smallest absolute Gasteiger partial charge is 0.265 e. The summed E-state index contributed by atoms with van der Waals surface area (Å²) in [7, 11) is 0. The van der Waals surface area contributed by atoms with Crippen molar-refractivity contribution in [2.45, 2.75) is 13.8 Å². The molecule has 0 saturated heterocycles. The molecule has 140 valence electrons. The maximum absolute atomic E-state index is 12.1. The molecular formula is C20H17N5O2S. The Morgan fingerprint density at radius 3 is 2.64 bits per heavy atom. The van der Waals surface area contributed by atoms with Crippen LogP contribution in [0, 0.1) is 13.8 Å². The quantitative estimate of drug-likeness (QED) is 0.546. The Morgan fingerprint density at radius 2 is 1.96 bits per heavy atom. The van der Waals surface area contributed by atoms with Crippen LogP contribution < -0.4 is 10.1 Å². The fourth-order valence-electron chi connectivity index (χ4n) is 2.65. The van der Waals surface area contributed by atoms with Gasteiger partial charge in [0.05, 0.1) is 4.88 Å². The molecule has 0 aliphatic rings. The van der Waals surface area contributed by atoms with Gasteiger partial charge in [-0.1, -0.05) is 6.07 Å². The van der Waals surface area contributed by atoms with Crippen LogP contribution in [0.5, 0.6) is 11.6 Å². The summed E-state index contributed by atoms with van der Waals surface area (Å²) in [6, 6.07) is 12.5. The van der Waals surface area contributed by atoms with E-state index in [0.717, 1.165) is 5.82 Å². The van der Waals surface area contributed by atoms with Crippen LogP contribution in [0.4, 0.5) is 5.69 Å². The third-order valence-corrected chi connectivity index (χ3v) is 4.82. The number of amides is 1. The Hall–Kier alpha value is -3.52. The van der Waals surface area contributed by atoms with E-state index in [2.05, 4.69) is 20.3 Å². The molecule has 1 amide bonds. The van der Waals surface area contributed by atoms with E-state index in [1.807, 2.05) is 36.1 Å². The molecule has 4 aromatic rings. The number of aromatic nitrogens is 4. The predicted octanol–water partition coefficient (Wildman–Crippen LogP) is 4.39. The van der Waals surface area contributed by atoms with E-state index in [0.29, 0.717) is 33.8 Å². The van der Waals surface area contributed by atoms with Crippen LogP contribution in [0.3, 0.4) is 0 Å². The number of carbonyl (C=O) groups excluding carboxylic acids is 1. The van der Waals surface area contributed by atoms with Gasteiger partial charge >= 0.3 is 0 Å². The predicted molar refractivity (Wildman–Crippen MR) is 107 cm³/mol. The zero-order valence-corrected chi connectivity index (χ0v) is 16.1. The van der Waals surface area contributed by atoms with E-state index in [4.69, 9.17) is 4.74 Å². The lowest BCUT2D eigenvalue weighted by Gasteiger charge is -2.10. The summed E-state index contributed by atoms with van der Waals surface area (Å²) in [6.07, 6.45) is 3.56. The summed E-state index contributed by atoms with van der Waals surface area (Å²) in [5, 5.41) is 4.73. The summed E-state index contributed by atoms with van der Waals surface area (Å²) in [5.41, 5.74) is 0.694. The molecule has 0 aliphatic heterocycles. The number of anilines is 1. The molecule has 0 fully saturated rings. The number of thiophene rings is 1. The van der Waals surface area contributed by atoms with Gasteiger partial charge in [0.15, 0.2) is 0 Å². The van der Waals surface area contributed by atoms with Crippen LogP contribution in [-0.4, -0.2) is 25.4 Å². The van der Waals surface area contributed by atoms with E-state index < -0.39 is 0 Å². The van der Waals surface area contributed by atoms with Gasteiger partial charge < -0.3 is 10.1 Å². The minimum absolute atomic E-state index is 0.129. The molecule has 0 bridgehead atoms. The maximum atomic E-state index is 12.1. The summed E-state index contributed by atoms with van der Waals surface area (Å²) in [6.45, 7) is 3.72. The summed E-state index contributed by atoms with van der Waals surface area (Å²) >= 11 is 1.40. The largest absolute Gasteiger partial charge is 0.439 e. The van der Waals surface area contributed by atoms with Crippen molar-refractivity contribution in [1.82, 2.24) is 19.5 Å². The second-order valence-electron chi connectivity index (χ2n) is 6.01. The lowest BCUT2D eigenvalue weighted by Crippen LogP contribution is -2.09. The van der Waals surface area contributed by atoms with Crippen molar-refractivity contribution in [2.24, 2.45) is 0 Å². The van der Waals surface area contributed by atoms with Crippen LogP contribution in [0.25, 0.3) is 5.82 Å². The second kappa shape index (κ2) is 7.61. The third kappa shape index (κ3) is 3.91. The number of nitrogens with zero attached hydrogens (tertiary/aromatic N) is 4. The van der Waals surface area contributed by atoms with Gasteiger partial charge in [0, 0.05) is 24.1 Å². The Labute approximate surface area is 165 Å². The molecular weight excluding hydrogens is 374 g/mol. The van der Waals surface area contributed by atoms with Crippen molar-refractivity contribution < 1.29 is 9.53 Å². The average Bonchev–Trinajstić information content (AvgIpc) is 3.34. The summed E-state index contributed by atoms with van der Waals surface area (Å²) < 4.78 is 7.74. The van der Waals surface area contributed by atoms with Gasteiger partial charge in [-0.05, 0) is 49.6 Å². The first-order valence-corrected chi connectivity index (χ1v) is 9.45. The molecule has 3 aromatic heterocycles. The zero-order valence-electron chi connectivity index (χ0n) is 15.3. The molecule has 4 rings (SSSR count). The first-order chi connectivity index (χ1) is 13.6. The first kappa shape index (κ1) is 17.9. The molecule has 28 heavy (non-hydrogen) atoms. The number of hydrogen-bond acceptors (Lipinski definition) is 6. The van der Waals surface area contributed by atoms with Crippen molar-refractivity contribution in [3.05, 3.63) is 76.8 Å². The Morgan fingerprint density at radius 1 is 1.14 bits per heavy atom. The second-order valence-corrected chi connectivity index (χ2v) is 6.96. The third-order valence-electron chi connectivity index (χ3n) is 3.95. The van der Waals surface area contributed by atoms with Gasteiger partial charge in [-0.25, -0.2) is 9.97 Å². The van der Waals surface area contributed by atoms with Crippen LogP contribution in [-0.2, 0) is 0 Å². The molecule has 0 unspecified atom stereocenters. The molecule has 0 aliphatic carbocycles. The first-order valence-electron chi connectivity index (χ1n) is 8.57. The summed E-state index contributed by atoms with van der Waals surface area (Å²) in [5.74, 6) is 3.04. The van der Waals surface area contributed by atoms with E-state index in [9.17, 15) is 4.79 Å². The van der Waals surface area contributed by atoms with Crippen LogP contribution in [0.15, 0.2) is 60.2 Å². The van der Waals surface area contributed by atoms with Crippen molar-refractivity contribution in [3.8, 4) is 17.4 Å². The van der Waals surface area contributed by atoms with Crippen LogP contribution in [0.1, 0.15) is 21.3 Å². The van der Waals surface area contributed by atoms with Crippen LogP contribution in [0.2, 0.25) is 0 Å². The molecule has 0 saturated carbocycles. The van der Waals surface area contributed by atoms with Crippen LogP contribution >= 0.6 is 11.3 Å². The number of aryl methyl sites for hydroxylation is 2. The number of nitrogens with one attached hydrogen (secondary N) is 1. The fourth-order valence-corrected chi connectivity index (χ4v) is 3.27. The van der Waals surface area contributed by atoms with Gasteiger partial charge in [-0.2, -0.15) is 4.98 Å². The van der Waals surface area contributed by atoms with Gasteiger partial charge in [0.2, 0.25) is 5.88 Å². The number of hydrogen-bond donors (Lipinski definition) is 1. The summed E-state index contributed by atoms with van der Waals surface area (Å²) in [4.78, 5) is 25.8. The molecule has 1 N–H and O–H groups in total. The standard InChI is InChI=1S/C20H17N5O2S/c1-13-22-18(25-10-9-21-14(25)2)12-19(23-13)27-16-7-5-15(6-8-16)24-20(26)17-4-3-11-28-17/h3-12H,1-2H3,(H,24,26). The van der Waals surface area contributed by atoms with Gasteiger partial charge in [-0.15, -0.1) is 11.3 Å². The SMILES string of the molecule is Cc1nc(Oc2ccc(NC(=O)c3cccs3)cc2)cc(-n2ccnc2C)n1. The van der Waals surface area contributed by atoms with E-state index in [1.165, 1.54) is 11.3 Å². The monoisotopic (exact) mass is 391 g/mol. The topological polar surface area (TPSA) is 81.9 Å². The number of benzene rings is 1. The van der Waals surface area contributed by atoms with Gasteiger partial charge in [-0.3, -0.25) is 9.36 Å². The molecule has 8 heteroatoms. The Kier molecular flexibility index (Phi) is 4.86. The molecule has 0 atom stereocenters. The van der Waals surface area contributed by atoms with Crippen molar-refractivity contribution in [3.63, 3.8) is 0 Å². The fraction of sp³-hybridized carbons (Fsp3) is 0.100. The Balaban J connectivity index is 1.49. The number of imidazole rings is 1. The molecule has 0 spiro atoms. The number of rotatable bonds is 5. The highest BCUT2D eigenvalue weighted by atomic mass is 32.1. The molecule has 3 heterocycles. The lowest BCUT2D eigenvalue weighted by atomic mass is 10.3. The van der Waals surface area contributed by atoms with E-state index in [-0.39, 0.29) is 5.91 Å². The number of ether oxygens (including phenoxy) is 1.